The number of aliphatic carboxylic acids is 1. The Morgan fingerprint density at radius 2 is 1.85 bits per heavy atom. The number of hydrazine groups is 1. The van der Waals surface area contributed by atoms with Gasteiger partial charge in [0.2, 0.25) is 5.88 Å². The first-order valence-corrected chi connectivity index (χ1v) is 7.89. The van der Waals surface area contributed by atoms with Crippen molar-refractivity contribution < 1.29 is 14.6 Å². The number of nitrogens with two attached hydrogens (primary N) is 2. The minimum Gasteiger partial charge on any atom is -0.476 e. The average Bonchev–Trinajstić information content (AvgIpc) is 3.05. The van der Waals surface area contributed by atoms with E-state index in [-0.39, 0.29) is 5.88 Å². The van der Waals surface area contributed by atoms with E-state index in [1.165, 1.54) is 0 Å². The van der Waals surface area contributed by atoms with Gasteiger partial charge in [-0.15, -0.1) is 0 Å². The van der Waals surface area contributed by atoms with Crippen molar-refractivity contribution in [3.63, 3.8) is 0 Å². The maximum absolute atomic E-state index is 10.9. The first kappa shape index (κ1) is 17.8. The minimum atomic E-state index is -1.34. The molecule has 3 rings (SSSR count). The molecule has 8 heteroatoms. The van der Waals surface area contributed by atoms with Gasteiger partial charge in [0.05, 0.1) is 11.7 Å². The van der Waals surface area contributed by atoms with E-state index in [2.05, 4.69) is 22.4 Å². The van der Waals surface area contributed by atoms with Crippen LogP contribution in [-0.2, 0) is 11.8 Å². The number of hydrogen-bond acceptors (Lipinski definition) is 6. The molecule has 0 atom stereocenters. The van der Waals surface area contributed by atoms with Crippen LogP contribution in [0.25, 0.3) is 10.9 Å². The molecule has 0 aliphatic rings. The van der Waals surface area contributed by atoms with E-state index in [1.54, 1.807) is 35.1 Å². The van der Waals surface area contributed by atoms with Gasteiger partial charge in [-0.25, -0.2) is 10.6 Å². The molecule has 0 spiro atoms. The number of benzene rings is 2. The van der Waals surface area contributed by atoms with Crippen molar-refractivity contribution in [1.29, 1.82) is 0 Å². The number of ether oxygens (including phenoxy) is 1. The second-order valence-corrected chi connectivity index (χ2v) is 5.61. The maximum atomic E-state index is 10.9. The van der Waals surface area contributed by atoms with Crippen molar-refractivity contribution >= 4 is 16.9 Å². The topological polar surface area (TPSA) is 128 Å². The van der Waals surface area contributed by atoms with Crippen LogP contribution in [0.4, 0.5) is 0 Å². The van der Waals surface area contributed by atoms with E-state index >= 15 is 0 Å². The molecule has 0 unspecified atom stereocenters. The summed E-state index contributed by atoms with van der Waals surface area (Å²) in [6.45, 7) is 0. The molecule has 136 valence electrons. The molecule has 27 heavy (non-hydrogen) atoms. The third-order valence-corrected chi connectivity index (χ3v) is 3.78. The van der Waals surface area contributed by atoms with E-state index in [9.17, 15) is 4.79 Å². The van der Waals surface area contributed by atoms with Crippen molar-refractivity contribution in [3.8, 4) is 17.6 Å². The monoisotopic (exact) mass is 363 g/mol. The highest BCUT2D eigenvalue weighted by Gasteiger charge is 2.12. The zero-order valence-electron chi connectivity index (χ0n) is 14.4. The van der Waals surface area contributed by atoms with Gasteiger partial charge < -0.3 is 15.6 Å². The lowest BCUT2D eigenvalue weighted by Crippen LogP contribution is -2.31. The predicted molar refractivity (Wildman–Crippen MR) is 99.9 cm³/mol. The number of fused-ring (bicyclic) bond motifs is 1. The van der Waals surface area contributed by atoms with Crippen molar-refractivity contribution in [2.75, 3.05) is 0 Å². The smallest absolute Gasteiger partial charge is 0.357 e. The molecule has 0 saturated heterocycles. The quantitative estimate of drug-likeness (QED) is 0.179. The summed E-state index contributed by atoms with van der Waals surface area (Å²) in [5.74, 6) is 10.2. The Hall–Kier alpha value is -3.96. The Bertz CT molecular complexity index is 1090. The van der Waals surface area contributed by atoms with Gasteiger partial charge in [-0.1, -0.05) is 11.8 Å². The third-order valence-electron chi connectivity index (χ3n) is 3.78. The average molecular weight is 363 g/mol. The minimum absolute atomic E-state index is 0.245. The first-order valence-electron chi connectivity index (χ1n) is 7.89. The molecule has 1 aromatic heterocycles. The Kier molecular flexibility index (Phi) is 4.97. The summed E-state index contributed by atoms with van der Waals surface area (Å²) in [6, 6.07) is 12.7. The zero-order valence-corrected chi connectivity index (χ0v) is 14.4. The van der Waals surface area contributed by atoms with Gasteiger partial charge >= 0.3 is 5.97 Å². The number of nitrogens with one attached hydrogen (secondary N) is 1. The molecule has 0 amide bonds. The van der Waals surface area contributed by atoms with Gasteiger partial charge in [0.1, 0.15) is 5.75 Å². The Labute approximate surface area is 155 Å². The van der Waals surface area contributed by atoms with Gasteiger partial charge in [0.25, 0.3) is 0 Å². The van der Waals surface area contributed by atoms with Crippen LogP contribution in [-0.4, -0.2) is 20.9 Å². The van der Waals surface area contributed by atoms with Crippen LogP contribution in [0.1, 0.15) is 11.1 Å². The van der Waals surface area contributed by atoms with Crippen molar-refractivity contribution in [2.24, 2.45) is 18.6 Å². The molecule has 3 aromatic rings. The van der Waals surface area contributed by atoms with E-state index < -0.39 is 11.7 Å². The number of nitrogens with zero attached hydrogens (tertiary/aromatic N) is 2. The Balaban J connectivity index is 1.78. The number of aryl methyl sites for hydroxylation is 1. The molecule has 6 N–H and O–H groups in total. The highest BCUT2D eigenvalue weighted by molar-refractivity contribution is 5.85. The molecule has 0 saturated carbocycles. The zero-order chi connectivity index (χ0) is 19.4. The molecule has 0 aliphatic carbocycles. The third kappa shape index (κ3) is 4.00. The molecular weight excluding hydrogens is 346 g/mol. The van der Waals surface area contributed by atoms with Crippen LogP contribution in [0.5, 0.6) is 5.75 Å². The summed E-state index contributed by atoms with van der Waals surface area (Å²) in [4.78, 5) is 10.9. The number of aromatic nitrogens is 2. The standard InChI is InChI=1S/C19H17N5O3/c1-24-16-10-13(4-7-14(16)11-22-24)3-2-12-5-8-15(9-6-12)27-18(23-21)17(20)19(25)26/h4-11,23H,20-21H2,1H3,(H,25,26)/b18-17+. The molecular formula is C19H17N5O3. The Morgan fingerprint density at radius 3 is 2.52 bits per heavy atom. The van der Waals surface area contributed by atoms with Gasteiger partial charge in [-0.2, -0.15) is 5.10 Å². The summed E-state index contributed by atoms with van der Waals surface area (Å²) in [5.41, 5.74) is 9.64. The van der Waals surface area contributed by atoms with E-state index in [4.69, 9.17) is 21.4 Å². The normalized spacial score (nSPS) is 11.3. The lowest BCUT2D eigenvalue weighted by Gasteiger charge is -2.10. The van der Waals surface area contributed by atoms with Crippen molar-refractivity contribution in [3.05, 3.63) is 71.4 Å². The molecule has 0 bridgehead atoms. The Morgan fingerprint density at radius 1 is 1.19 bits per heavy atom. The summed E-state index contributed by atoms with van der Waals surface area (Å²) in [5, 5.41) is 14.1. The SMILES string of the molecule is Cn1ncc2ccc(C#Cc3ccc(O/C(NN)=C(/N)C(=O)O)cc3)cc21. The highest BCUT2D eigenvalue weighted by atomic mass is 16.5. The predicted octanol–water partition coefficient (Wildman–Crippen LogP) is 1.03. The van der Waals surface area contributed by atoms with E-state index in [0.29, 0.717) is 5.75 Å². The van der Waals surface area contributed by atoms with Crippen LogP contribution in [0.2, 0.25) is 0 Å². The van der Waals surface area contributed by atoms with Gasteiger partial charge in [0.15, 0.2) is 5.70 Å². The van der Waals surface area contributed by atoms with Gasteiger partial charge in [-0.3, -0.25) is 10.1 Å². The number of carboxylic acid groups (broad SMARTS) is 1. The first-order chi connectivity index (χ1) is 13.0. The molecule has 1 heterocycles. The van der Waals surface area contributed by atoms with Crippen LogP contribution < -0.4 is 21.7 Å². The number of rotatable bonds is 4. The van der Waals surface area contributed by atoms with E-state index in [1.807, 2.05) is 25.2 Å². The lowest BCUT2D eigenvalue weighted by atomic mass is 10.1. The largest absolute Gasteiger partial charge is 0.476 e. The lowest BCUT2D eigenvalue weighted by molar-refractivity contribution is -0.132. The second kappa shape index (κ2) is 7.51. The summed E-state index contributed by atoms with van der Waals surface area (Å²) < 4.78 is 7.13. The van der Waals surface area contributed by atoms with Crippen molar-refractivity contribution in [1.82, 2.24) is 15.2 Å². The molecule has 8 nitrogen and oxygen atoms in total. The summed E-state index contributed by atoms with van der Waals surface area (Å²) >= 11 is 0. The maximum Gasteiger partial charge on any atom is 0.357 e. The van der Waals surface area contributed by atoms with Crippen LogP contribution in [0, 0.1) is 11.8 Å². The number of carbonyl (C=O) groups is 1. The second-order valence-electron chi connectivity index (χ2n) is 5.61. The fraction of sp³-hybridized carbons (Fsp3) is 0.0526. The molecule has 2 aromatic carbocycles. The van der Waals surface area contributed by atoms with Gasteiger partial charge in [-0.05, 0) is 42.5 Å². The van der Waals surface area contributed by atoms with Crippen LogP contribution in [0.3, 0.4) is 0 Å². The van der Waals surface area contributed by atoms with Crippen LogP contribution >= 0.6 is 0 Å². The summed E-state index contributed by atoms with van der Waals surface area (Å²) in [7, 11) is 1.88. The van der Waals surface area contributed by atoms with Gasteiger partial charge in [0, 0.05) is 23.6 Å². The molecule has 0 radical (unpaired) electrons. The van der Waals surface area contributed by atoms with E-state index in [0.717, 1.165) is 22.0 Å². The highest BCUT2D eigenvalue weighted by Crippen LogP contribution is 2.16. The van der Waals surface area contributed by atoms with Crippen molar-refractivity contribution in [2.45, 2.75) is 0 Å². The molecule has 0 fully saturated rings. The number of carboxylic acids is 1. The fourth-order valence-corrected chi connectivity index (χ4v) is 2.35. The summed E-state index contributed by atoms with van der Waals surface area (Å²) in [6.07, 6.45) is 1.81. The molecule has 0 aliphatic heterocycles. The number of hydrogen-bond donors (Lipinski definition) is 4. The van der Waals surface area contributed by atoms with Crippen LogP contribution in [0.15, 0.2) is 60.2 Å². The fourth-order valence-electron chi connectivity index (χ4n) is 2.35.